The maximum absolute atomic E-state index is 12.3. The van der Waals surface area contributed by atoms with E-state index in [4.69, 9.17) is 10.7 Å². The van der Waals surface area contributed by atoms with Crippen LogP contribution in [-0.2, 0) is 9.05 Å². The number of halogens is 1. The van der Waals surface area contributed by atoms with Gasteiger partial charge in [-0.2, -0.15) is 0 Å². The molecule has 0 aliphatic heterocycles. The van der Waals surface area contributed by atoms with Crippen LogP contribution in [-0.4, -0.2) is 31.8 Å². The lowest BCUT2D eigenvalue weighted by Crippen LogP contribution is -2.37. The Morgan fingerprint density at radius 3 is 2.33 bits per heavy atom. The topological polar surface area (TPSA) is 54.5 Å². The van der Waals surface area contributed by atoms with E-state index in [-0.39, 0.29) is 22.4 Å². The standard InChI is InChI=1S/C12H16ClNO3S/c1-4-14(9(2)3)12(15)10-7-5-6-8-11(10)18(13,16)17/h5-9H,4H2,1-3H3. The summed E-state index contributed by atoms with van der Waals surface area (Å²) in [6, 6.07) is 5.96. The van der Waals surface area contributed by atoms with E-state index in [1.54, 1.807) is 11.0 Å². The summed E-state index contributed by atoms with van der Waals surface area (Å²) in [5, 5.41) is 0. The number of carbonyl (C=O) groups excluding carboxylic acids is 1. The molecule has 6 heteroatoms. The fraction of sp³-hybridized carbons (Fsp3) is 0.417. The molecule has 1 rings (SSSR count). The number of rotatable bonds is 4. The molecular weight excluding hydrogens is 274 g/mol. The van der Waals surface area contributed by atoms with Crippen LogP contribution in [0.1, 0.15) is 31.1 Å². The molecule has 1 aromatic carbocycles. The van der Waals surface area contributed by atoms with Crippen LogP contribution in [0.2, 0.25) is 0 Å². The smallest absolute Gasteiger partial charge is 0.262 e. The average Bonchev–Trinajstić information content (AvgIpc) is 2.28. The highest BCUT2D eigenvalue weighted by molar-refractivity contribution is 8.13. The fourth-order valence-corrected chi connectivity index (χ4v) is 2.82. The van der Waals surface area contributed by atoms with Crippen molar-refractivity contribution < 1.29 is 13.2 Å². The van der Waals surface area contributed by atoms with Crippen molar-refractivity contribution in [1.29, 1.82) is 0 Å². The highest BCUT2D eigenvalue weighted by Crippen LogP contribution is 2.21. The molecule has 0 aliphatic rings. The lowest BCUT2D eigenvalue weighted by atomic mass is 10.1. The van der Waals surface area contributed by atoms with Gasteiger partial charge in [-0.1, -0.05) is 12.1 Å². The van der Waals surface area contributed by atoms with Crippen molar-refractivity contribution in [1.82, 2.24) is 4.90 Å². The van der Waals surface area contributed by atoms with Gasteiger partial charge >= 0.3 is 0 Å². The zero-order valence-corrected chi connectivity index (χ0v) is 12.1. The number of carbonyl (C=O) groups is 1. The number of hydrogen-bond donors (Lipinski definition) is 0. The molecular formula is C12H16ClNO3S. The third-order valence-corrected chi connectivity index (χ3v) is 3.99. The molecule has 0 spiro atoms. The Bertz CT molecular complexity index is 540. The highest BCUT2D eigenvalue weighted by atomic mass is 35.7. The largest absolute Gasteiger partial charge is 0.336 e. The summed E-state index contributed by atoms with van der Waals surface area (Å²) in [4.78, 5) is 13.7. The number of benzene rings is 1. The Morgan fingerprint density at radius 2 is 1.89 bits per heavy atom. The minimum Gasteiger partial charge on any atom is -0.336 e. The van der Waals surface area contributed by atoms with Crippen LogP contribution >= 0.6 is 10.7 Å². The van der Waals surface area contributed by atoms with Gasteiger partial charge in [-0.25, -0.2) is 8.42 Å². The zero-order chi connectivity index (χ0) is 13.9. The number of amides is 1. The summed E-state index contributed by atoms with van der Waals surface area (Å²) >= 11 is 0. The molecule has 0 heterocycles. The van der Waals surface area contributed by atoms with Gasteiger partial charge in [0.2, 0.25) is 0 Å². The average molecular weight is 290 g/mol. The second-order valence-corrected chi connectivity index (χ2v) is 6.65. The van der Waals surface area contributed by atoms with E-state index in [1.807, 2.05) is 20.8 Å². The van der Waals surface area contributed by atoms with E-state index >= 15 is 0 Å². The van der Waals surface area contributed by atoms with Crippen LogP contribution in [0.15, 0.2) is 29.2 Å². The van der Waals surface area contributed by atoms with Crippen LogP contribution in [0, 0.1) is 0 Å². The van der Waals surface area contributed by atoms with Gasteiger partial charge < -0.3 is 4.90 Å². The van der Waals surface area contributed by atoms with Crippen molar-refractivity contribution in [3.8, 4) is 0 Å². The molecule has 0 unspecified atom stereocenters. The molecule has 100 valence electrons. The van der Waals surface area contributed by atoms with Crippen molar-refractivity contribution in [3.63, 3.8) is 0 Å². The van der Waals surface area contributed by atoms with Gasteiger partial charge in [-0.05, 0) is 32.9 Å². The van der Waals surface area contributed by atoms with Gasteiger partial charge in [-0.3, -0.25) is 4.79 Å². The second kappa shape index (κ2) is 5.71. The molecule has 0 atom stereocenters. The molecule has 0 saturated carbocycles. The van der Waals surface area contributed by atoms with E-state index < -0.39 is 9.05 Å². The van der Waals surface area contributed by atoms with Crippen molar-refractivity contribution in [2.45, 2.75) is 31.7 Å². The summed E-state index contributed by atoms with van der Waals surface area (Å²) in [6.07, 6.45) is 0. The van der Waals surface area contributed by atoms with Gasteiger partial charge in [-0.15, -0.1) is 0 Å². The summed E-state index contributed by atoms with van der Waals surface area (Å²) in [5.41, 5.74) is 0.114. The molecule has 0 aliphatic carbocycles. The van der Waals surface area contributed by atoms with Gasteiger partial charge in [0, 0.05) is 23.3 Å². The molecule has 0 radical (unpaired) electrons. The Kier molecular flexibility index (Phi) is 4.76. The molecule has 0 aromatic heterocycles. The Morgan fingerprint density at radius 1 is 1.33 bits per heavy atom. The van der Waals surface area contributed by atoms with Crippen molar-refractivity contribution >= 4 is 25.6 Å². The van der Waals surface area contributed by atoms with Crippen LogP contribution < -0.4 is 0 Å². The zero-order valence-electron chi connectivity index (χ0n) is 10.6. The fourth-order valence-electron chi connectivity index (χ4n) is 1.75. The molecule has 0 N–H and O–H groups in total. The predicted molar refractivity (Wildman–Crippen MR) is 71.3 cm³/mol. The summed E-state index contributed by atoms with van der Waals surface area (Å²) in [7, 11) is 1.42. The second-order valence-electron chi connectivity index (χ2n) is 4.12. The molecule has 0 saturated heterocycles. The molecule has 0 bridgehead atoms. The van der Waals surface area contributed by atoms with E-state index in [1.165, 1.54) is 18.2 Å². The van der Waals surface area contributed by atoms with Crippen LogP contribution in [0.5, 0.6) is 0 Å². The Hall–Kier alpha value is -1.07. The Balaban J connectivity index is 3.30. The van der Waals surface area contributed by atoms with Crippen LogP contribution in [0.25, 0.3) is 0 Å². The maximum atomic E-state index is 12.3. The quantitative estimate of drug-likeness (QED) is 0.800. The highest BCUT2D eigenvalue weighted by Gasteiger charge is 2.24. The summed E-state index contributed by atoms with van der Waals surface area (Å²) in [5.74, 6) is -0.327. The van der Waals surface area contributed by atoms with Crippen molar-refractivity contribution in [2.24, 2.45) is 0 Å². The van der Waals surface area contributed by atoms with Crippen molar-refractivity contribution in [2.75, 3.05) is 6.54 Å². The molecule has 1 amide bonds. The van der Waals surface area contributed by atoms with Gasteiger partial charge in [0.1, 0.15) is 0 Å². The first-order chi connectivity index (χ1) is 8.29. The molecule has 0 fully saturated rings. The first-order valence-corrected chi connectivity index (χ1v) is 7.94. The van der Waals surface area contributed by atoms with E-state index in [0.29, 0.717) is 6.54 Å². The van der Waals surface area contributed by atoms with E-state index in [2.05, 4.69) is 0 Å². The molecule has 1 aromatic rings. The minimum atomic E-state index is -3.92. The first kappa shape index (κ1) is 15.0. The predicted octanol–water partition coefficient (Wildman–Crippen LogP) is 2.48. The maximum Gasteiger partial charge on any atom is 0.262 e. The number of hydrogen-bond acceptors (Lipinski definition) is 3. The van der Waals surface area contributed by atoms with Gasteiger partial charge in [0.15, 0.2) is 0 Å². The monoisotopic (exact) mass is 289 g/mol. The minimum absolute atomic E-state index is 0.00594. The molecule has 18 heavy (non-hydrogen) atoms. The third kappa shape index (κ3) is 3.23. The normalized spacial score (nSPS) is 11.6. The van der Waals surface area contributed by atoms with Crippen molar-refractivity contribution in [3.05, 3.63) is 29.8 Å². The molecule has 4 nitrogen and oxygen atoms in total. The first-order valence-electron chi connectivity index (χ1n) is 5.63. The van der Waals surface area contributed by atoms with Crippen LogP contribution in [0.4, 0.5) is 0 Å². The van der Waals surface area contributed by atoms with E-state index in [9.17, 15) is 13.2 Å². The lowest BCUT2D eigenvalue weighted by molar-refractivity contribution is 0.0713. The SMILES string of the molecule is CCN(C(=O)c1ccccc1S(=O)(=O)Cl)C(C)C. The van der Waals surface area contributed by atoms with Crippen LogP contribution in [0.3, 0.4) is 0 Å². The third-order valence-electron chi connectivity index (χ3n) is 2.61. The summed E-state index contributed by atoms with van der Waals surface area (Å²) in [6.45, 7) is 6.10. The van der Waals surface area contributed by atoms with Gasteiger partial charge in [0.25, 0.3) is 15.0 Å². The van der Waals surface area contributed by atoms with E-state index in [0.717, 1.165) is 0 Å². The summed E-state index contributed by atoms with van der Waals surface area (Å²) < 4.78 is 22.9. The Labute approximate surface area is 112 Å². The lowest BCUT2D eigenvalue weighted by Gasteiger charge is -2.25. The number of nitrogens with zero attached hydrogens (tertiary/aromatic N) is 1. The van der Waals surface area contributed by atoms with Gasteiger partial charge in [0.05, 0.1) is 10.5 Å².